The van der Waals surface area contributed by atoms with E-state index in [0.717, 1.165) is 29.5 Å². The largest absolute Gasteiger partial charge is 0.509 e. The van der Waals surface area contributed by atoms with E-state index < -0.39 is 42.0 Å². The average Bonchev–Trinajstić information content (AvgIpc) is 3.80. The molecule has 12 nitrogen and oxygen atoms in total. The van der Waals surface area contributed by atoms with Gasteiger partial charge in [-0.3, -0.25) is 14.2 Å². The molecular weight excluding hydrogens is 594 g/mol. The summed E-state index contributed by atoms with van der Waals surface area (Å²) in [5.74, 6) is 0.404. The van der Waals surface area contributed by atoms with E-state index in [-0.39, 0.29) is 24.3 Å². The Kier molecular flexibility index (Phi) is 7.89. The summed E-state index contributed by atoms with van der Waals surface area (Å²) in [4.78, 5) is 48.2. The van der Waals surface area contributed by atoms with Gasteiger partial charge in [-0.25, -0.2) is 15.1 Å². The summed E-state index contributed by atoms with van der Waals surface area (Å²) in [6, 6.07) is 28.5. The van der Waals surface area contributed by atoms with E-state index in [1.807, 2.05) is 84.9 Å². The van der Waals surface area contributed by atoms with Gasteiger partial charge in [0.2, 0.25) is 0 Å². The number of hydrogen-bond acceptors (Lipinski definition) is 11. The molecule has 4 aromatic rings. The van der Waals surface area contributed by atoms with Crippen LogP contribution in [-0.2, 0) is 34.2 Å². The first-order chi connectivity index (χ1) is 22.5. The van der Waals surface area contributed by atoms with Crippen LogP contribution in [0.1, 0.15) is 35.8 Å². The van der Waals surface area contributed by atoms with Crippen LogP contribution in [0.3, 0.4) is 0 Å². The summed E-state index contributed by atoms with van der Waals surface area (Å²) < 4.78 is 28.6. The molecule has 0 amide bonds. The molecule has 7 rings (SSSR count). The van der Waals surface area contributed by atoms with Crippen LogP contribution in [0, 0.1) is 5.92 Å². The van der Waals surface area contributed by atoms with Gasteiger partial charge in [0.25, 0.3) is 0 Å². The quantitative estimate of drug-likeness (QED) is 0.145. The Morgan fingerprint density at radius 3 is 2.13 bits per heavy atom. The number of nitrogens with zero attached hydrogens (tertiary/aromatic N) is 2. The zero-order valence-electron chi connectivity index (χ0n) is 24.8. The van der Waals surface area contributed by atoms with Gasteiger partial charge >= 0.3 is 17.8 Å². The van der Waals surface area contributed by atoms with Gasteiger partial charge in [0, 0.05) is 6.20 Å². The zero-order chi connectivity index (χ0) is 31.7. The summed E-state index contributed by atoms with van der Waals surface area (Å²) in [5, 5.41) is 0. The predicted octanol–water partition coefficient (Wildman–Crippen LogP) is 4.34. The van der Waals surface area contributed by atoms with E-state index in [1.165, 1.54) is 10.8 Å². The fraction of sp³-hybridized carbons (Fsp3) is 0.294. The first kappa shape index (κ1) is 29.5. The highest BCUT2D eigenvalue weighted by atomic mass is 16.8. The van der Waals surface area contributed by atoms with Crippen LogP contribution in [0.15, 0.2) is 102 Å². The number of carbonyl (C=O) groups is 2. The molecule has 2 aliphatic heterocycles. The Morgan fingerprint density at radius 2 is 1.52 bits per heavy atom. The second kappa shape index (κ2) is 12.3. The van der Waals surface area contributed by atoms with Crippen LogP contribution in [0.2, 0.25) is 0 Å². The number of carbonyl (C=O) groups excluding carboxylic acids is 2. The van der Waals surface area contributed by atoms with Crippen LogP contribution in [-0.4, -0.2) is 53.7 Å². The van der Waals surface area contributed by atoms with Crippen molar-refractivity contribution in [3.63, 3.8) is 0 Å². The van der Waals surface area contributed by atoms with Crippen molar-refractivity contribution in [3.8, 4) is 5.75 Å². The smallest absolute Gasteiger partial charge is 0.497 e. The molecule has 236 valence electrons. The molecular formula is C34H31N3O9. The van der Waals surface area contributed by atoms with Crippen molar-refractivity contribution in [1.29, 1.82) is 0 Å². The summed E-state index contributed by atoms with van der Waals surface area (Å²) in [7, 11) is 1.60. The molecule has 0 radical (unpaired) electrons. The third-order valence-corrected chi connectivity index (χ3v) is 8.32. The summed E-state index contributed by atoms with van der Waals surface area (Å²) in [6.45, 7) is -0.133. The molecule has 3 aliphatic rings. The van der Waals surface area contributed by atoms with E-state index in [0.29, 0.717) is 5.75 Å². The first-order valence-electron chi connectivity index (χ1n) is 14.9. The topological polar surface area (TPSA) is 136 Å². The molecule has 1 aromatic heterocycles. The van der Waals surface area contributed by atoms with Gasteiger partial charge in [0.05, 0.1) is 13.0 Å². The number of nitrogens with one attached hydrogen (secondary N) is 1. The normalized spacial score (nSPS) is 22.0. The van der Waals surface area contributed by atoms with Crippen molar-refractivity contribution >= 4 is 17.9 Å². The Labute approximate surface area is 263 Å². The number of methoxy groups -OCH3 is 1. The predicted molar refractivity (Wildman–Crippen MR) is 162 cm³/mol. The van der Waals surface area contributed by atoms with E-state index in [9.17, 15) is 14.4 Å². The van der Waals surface area contributed by atoms with Crippen LogP contribution < -0.4 is 15.9 Å². The first-order valence-corrected chi connectivity index (χ1v) is 14.9. The van der Waals surface area contributed by atoms with Crippen molar-refractivity contribution in [2.24, 2.45) is 5.92 Å². The number of anilines is 1. The highest BCUT2D eigenvalue weighted by molar-refractivity contribution is 5.74. The van der Waals surface area contributed by atoms with Gasteiger partial charge in [-0.05, 0) is 47.7 Å². The van der Waals surface area contributed by atoms with E-state index in [2.05, 4.69) is 10.5 Å². The maximum absolute atomic E-state index is 13.4. The minimum absolute atomic E-state index is 0.100. The van der Waals surface area contributed by atoms with E-state index in [1.54, 1.807) is 13.2 Å². The SMILES string of the molecule is COc1ccc(C(ONc2ccn([C@@H]3O[C@H](COC(=O)C4CC4)[C@H]4OC(=O)O[C@H]43)c(=O)n2)(c2ccccc2)c2ccccc2)cc1. The molecule has 0 bridgehead atoms. The highest BCUT2D eigenvalue weighted by Crippen LogP contribution is 2.41. The number of hydrogen-bond donors (Lipinski definition) is 1. The van der Waals surface area contributed by atoms with Crippen LogP contribution in [0.25, 0.3) is 0 Å². The minimum atomic E-state index is -1.16. The molecule has 0 spiro atoms. The van der Waals surface area contributed by atoms with Crippen molar-refractivity contribution < 1.29 is 38.1 Å². The van der Waals surface area contributed by atoms with Gasteiger partial charge in [-0.15, -0.1) is 0 Å². The Balaban J connectivity index is 1.17. The Bertz CT molecular complexity index is 1720. The van der Waals surface area contributed by atoms with Crippen LogP contribution in [0.5, 0.6) is 5.75 Å². The number of aromatic nitrogens is 2. The standard InChI is InChI=1S/C34H31N3O9/c1-41-25-16-14-24(15-17-25)34(22-8-4-2-5-9-22,23-10-6-3-7-11-23)46-36-27-18-19-37(32(39)35-27)30-29-28(44-33(40)45-29)26(43-30)20-42-31(38)21-12-13-21/h2-11,14-19,21,26,28-30H,12-13,20H2,1H3,(H,35,36,39)/t26-,28-,29-,30-/m1/s1. The molecule has 3 aromatic carbocycles. The molecule has 1 N–H and O–H groups in total. The molecule has 3 heterocycles. The van der Waals surface area contributed by atoms with Gasteiger partial charge in [-0.1, -0.05) is 72.8 Å². The van der Waals surface area contributed by atoms with E-state index in [4.69, 9.17) is 28.5 Å². The van der Waals surface area contributed by atoms with E-state index >= 15 is 0 Å². The molecule has 12 heteroatoms. The average molecular weight is 626 g/mol. The fourth-order valence-corrected chi connectivity index (χ4v) is 5.83. The minimum Gasteiger partial charge on any atom is -0.497 e. The lowest BCUT2D eigenvalue weighted by molar-refractivity contribution is -0.152. The van der Waals surface area contributed by atoms with Crippen LogP contribution >= 0.6 is 0 Å². The molecule has 46 heavy (non-hydrogen) atoms. The Morgan fingerprint density at radius 1 is 0.891 bits per heavy atom. The third kappa shape index (κ3) is 5.57. The maximum atomic E-state index is 13.4. The van der Waals surface area contributed by atoms with Crippen molar-refractivity contribution in [3.05, 3.63) is 124 Å². The van der Waals surface area contributed by atoms with Crippen molar-refractivity contribution in [1.82, 2.24) is 9.55 Å². The maximum Gasteiger partial charge on any atom is 0.509 e. The van der Waals surface area contributed by atoms with Crippen molar-refractivity contribution in [2.75, 3.05) is 19.2 Å². The lowest BCUT2D eigenvalue weighted by Gasteiger charge is -2.35. The van der Waals surface area contributed by atoms with Crippen molar-refractivity contribution in [2.45, 2.75) is 43.0 Å². The molecule has 0 unspecified atom stereocenters. The molecule has 3 fully saturated rings. The zero-order valence-corrected chi connectivity index (χ0v) is 24.8. The lowest BCUT2D eigenvalue weighted by atomic mass is 9.80. The summed E-state index contributed by atoms with van der Waals surface area (Å²) in [6.07, 6.45) is -1.45. The second-order valence-electron chi connectivity index (χ2n) is 11.2. The second-order valence-corrected chi connectivity index (χ2v) is 11.2. The number of benzene rings is 3. The lowest BCUT2D eigenvalue weighted by Crippen LogP contribution is -2.37. The van der Waals surface area contributed by atoms with Gasteiger partial charge in [0.1, 0.15) is 18.5 Å². The molecule has 4 atom stereocenters. The number of rotatable bonds is 11. The van der Waals surface area contributed by atoms with Gasteiger partial charge in [-0.2, -0.15) is 4.98 Å². The monoisotopic (exact) mass is 625 g/mol. The van der Waals surface area contributed by atoms with Gasteiger partial charge < -0.3 is 23.7 Å². The third-order valence-electron chi connectivity index (χ3n) is 8.32. The number of ether oxygens (including phenoxy) is 5. The number of esters is 1. The summed E-state index contributed by atoms with van der Waals surface area (Å²) in [5.41, 5.74) is 3.52. The highest BCUT2D eigenvalue weighted by Gasteiger charge is 2.56. The van der Waals surface area contributed by atoms with Gasteiger partial charge in [0.15, 0.2) is 29.9 Å². The molecule has 2 saturated heterocycles. The molecule has 1 saturated carbocycles. The Hall–Kier alpha value is -5.20. The molecule has 1 aliphatic carbocycles. The van der Waals surface area contributed by atoms with Crippen LogP contribution in [0.4, 0.5) is 10.6 Å². The summed E-state index contributed by atoms with van der Waals surface area (Å²) >= 11 is 0. The fourth-order valence-electron chi connectivity index (χ4n) is 5.83. The number of fused-ring (bicyclic) bond motifs is 1.